The summed E-state index contributed by atoms with van der Waals surface area (Å²) in [6.45, 7) is 3.72. The fourth-order valence-electron chi connectivity index (χ4n) is 2.80. The van der Waals surface area contributed by atoms with Crippen molar-refractivity contribution in [3.63, 3.8) is 0 Å². The number of carbonyl (C=O) groups excluding carboxylic acids is 1. The summed E-state index contributed by atoms with van der Waals surface area (Å²) < 4.78 is 1.44. The highest BCUT2D eigenvalue weighted by Crippen LogP contribution is 2.17. The molecule has 0 radical (unpaired) electrons. The standard InChI is InChI=1S/C19H19ClN4O2/c1-11-5-4-6-14(9-11)22-19(26)21-12(2)17-23-16-10-13(20)7-8-15(16)18(25)24(17)3/h4-10,12H,1-3H3,(H2,21,22,26). The molecule has 134 valence electrons. The van der Waals surface area contributed by atoms with Crippen molar-refractivity contribution < 1.29 is 4.79 Å². The van der Waals surface area contributed by atoms with Gasteiger partial charge in [-0.2, -0.15) is 0 Å². The summed E-state index contributed by atoms with van der Waals surface area (Å²) in [4.78, 5) is 29.3. The third-order valence-electron chi connectivity index (χ3n) is 4.08. The Labute approximate surface area is 155 Å². The van der Waals surface area contributed by atoms with Crippen molar-refractivity contribution >= 4 is 34.2 Å². The first-order chi connectivity index (χ1) is 12.3. The summed E-state index contributed by atoms with van der Waals surface area (Å²) in [6, 6.07) is 11.6. The van der Waals surface area contributed by atoms with Crippen molar-refractivity contribution in [1.82, 2.24) is 14.9 Å². The summed E-state index contributed by atoms with van der Waals surface area (Å²) in [7, 11) is 1.63. The molecule has 0 saturated carbocycles. The molecule has 3 rings (SSSR count). The number of hydrogen-bond acceptors (Lipinski definition) is 3. The largest absolute Gasteiger partial charge is 0.328 e. The summed E-state index contributed by atoms with van der Waals surface area (Å²) in [5, 5.41) is 6.57. The molecule has 0 fully saturated rings. The second-order valence-corrected chi connectivity index (χ2v) is 6.62. The topological polar surface area (TPSA) is 76.0 Å². The normalized spacial score (nSPS) is 12.0. The molecule has 0 aliphatic heterocycles. The molecule has 2 amide bonds. The lowest BCUT2D eigenvalue weighted by atomic mass is 10.2. The van der Waals surface area contributed by atoms with E-state index in [1.807, 2.05) is 31.2 Å². The lowest BCUT2D eigenvalue weighted by Gasteiger charge is -2.17. The van der Waals surface area contributed by atoms with Crippen molar-refractivity contribution in [1.29, 1.82) is 0 Å². The van der Waals surface area contributed by atoms with Crippen LogP contribution in [0, 0.1) is 6.92 Å². The van der Waals surface area contributed by atoms with Crippen molar-refractivity contribution in [2.45, 2.75) is 19.9 Å². The molecule has 0 saturated heterocycles. The summed E-state index contributed by atoms with van der Waals surface area (Å²) in [5.74, 6) is 0.448. The van der Waals surface area contributed by atoms with Gasteiger partial charge in [-0.15, -0.1) is 0 Å². The quantitative estimate of drug-likeness (QED) is 0.736. The first-order valence-electron chi connectivity index (χ1n) is 8.15. The average molecular weight is 371 g/mol. The number of urea groups is 1. The summed E-state index contributed by atoms with van der Waals surface area (Å²) >= 11 is 6.00. The van der Waals surface area contributed by atoms with Crippen LogP contribution in [0.15, 0.2) is 47.3 Å². The van der Waals surface area contributed by atoms with E-state index < -0.39 is 6.04 Å². The van der Waals surface area contributed by atoms with Crippen LogP contribution in [0.1, 0.15) is 24.4 Å². The lowest BCUT2D eigenvalue weighted by Crippen LogP contribution is -2.35. The fourth-order valence-corrected chi connectivity index (χ4v) is 2.97. The van der Waals surface area contributed by atoms with E-state index in [9.17, 15) is 9.59 Å². The van der Waals surface area contributed by atoms with Crippen molar-refractivity contribution in [3.05, 3.63) is 69.2 Å². The average Bonchev–Trinajstić information content (AvgIpc) is 2.57. The highest BCUT2D eigenvalue weighted by atomic mass is 35.5. The lowest BCUT2D eigenvalue weighted by molar-refractivity contribution is 0.248. The predicted molar refractivity (Wildman–Crippen MR) is 104 cm³/mol. The summed E-state index contributed by atoms with van der Waals surface area (Å²) in [5.41, 5.74) is 2.06. The number of aromatic nitrogens is 2. The van der Waals surface area contributed by atoms with Gasteiger partial charge < -0.3 is 10.6 Å². The number of carbonyl (C=O) groups is 1. The van der Waals surface area contributed by atoms with Crippen LogP contribution < -0.4 is 16.2 Å². The van der Waals surface area contributed by atoms with E-state index in [0.29, 0.717) is 27.4 Å². The van der Waals surface area contributed by atoms with Gasteiger partial charge in [0, 0.05) is 17.8 Å². The molecule has 3 aromatic rings. The molecular formula is C19H19ClN4O2. The van der Waals surface area contributed by atoms with E-state index in [4.69, 9.17) is 11.6 Å². The molecule has 0 aliphatic rings. The molecule has 6 nitrogen and oxygen atoms in total. The van der Waals surface area contributed by atoms with Crippen LogP contribution in [-0.4, -0.2) is 15.6 Å². The van der Waals surface area contributed by atoms with Gasteiger partial charge in [0.1, 0.15) is 5.82 Å². The van der Waals surface area contributed by atoms with E-state index in [1.54, 1.807) is 32.2 Å². The van der Waals surface area contributed by atoms with E-state index >= 15 is 0 Å². The molecule has 1 atom stereocenters. The minimum absolute atomic E-state index is 0.186. The van der Waals surface area contributed by atoms with E-state index in [0.717, 1.165) is 5.56 Å². The van der Waals surface area contributed by atoms with Crippen molar-refractivity contribution in [3.8, 4) is 0 Å². The Bertz CT molecular complexity index is 1050. The van der Waals surface area contributed by atoms with Gasteiger partial charge in [0.15, 0.2) is 0 Å². The Morgan fingerprint density at radius 2 is 2.00 bits per heavy atom. The Kier molecular flexibility index (Phi) is 4.95. The summed E-state index contributed by atoms with van der Waals surface area (Å²) in [6.07, 6.45) is 0. The zero-order valence-corrected chi connectivity index (χ0v) is 15.5. The van der Waals surface area contributed by atoms with Gasteiger partial charge in [-0.3, -0.25) is 9.36 Å². The van der Waals surface area contributed by atoms with E-state index in [2.05, 4.69) is 15.6 Å². The maximum atomic E-state index is 12.5. The number of amides is 2. The number of nitrogens with zero attached hydrogens (tertiary/aromatic N) is 2. The van der Waals surface area contributed by atoms with Gasteiger partial charge in [0.2, 0.25) is 0 Å². The van der Waals surface area contributed by atoms with Crippen LogP contribution in [0.3, 0.4) is 0 Å². The molecule has 2 N–H and O–H groups in total. The molecule has 1 heterocycles. The van der Waals surface area contributed by atoms with Crippen molar-refractivity contribution in [2.24, 2.45) is 7.05 Å². The van der Waals surface area contributed by atoms with Gasteiger partial charge in [-0.25, -0.2) is 9.78 Å². The zero-order valence-electron chi connectivity index (χ0n) is 14.7. The predicted octanol–water partition coefficient (Wildman–Crippen LogP) is 3.78. The number of fused-ring (bicyclic) bond motifs is 1. The molecule has 26 heavy (non-hydrogen) atoms. The number of hydrogen-bond donors (Lipinski definition) is 2. The number of aryl methyl sites for hydroxylation is 1. The molecule has 1 unspecified atom stereocenters. The highest BCUT2D eigenvalue weighted by Gasteiger charge is 2.16. The molecule has 0 aliphatic carbocycles. The Balaban J connectivity index is 1.85. The second kappa shape index (κ2) is 7.17. The third kappa shape index (κ3) is 3.70. The van der Waals surface area contributed by atoms with Crippen LogP contribution >= 0.6 is 11.6 Å². The smallest absolute Gasteiger partial charge is 0.319 e. The molecule has 7 heteroatoms. The Morgan fingerprint density at radius 1 is 1.23 bits per heavy atom. The third-order valence-corrected chi connectivity index (χ3v) is 4.32. The number of benzene rings is 2. The van der Waals surface area contributed by atoms with Gasteiger partial charge in [-0.1, -0.05) is 23.7 Å². The Hall–Kier alpha value is -2.86. The van der Waals surface area contributed by atoms with Gasteiger partial charge in [-0.05, 0) is 49.7 Å². The van der Waals surface area contributed by atoms with Gasteiger partial charge in [0.25, 0.3) is 5.56 Å². The Morgan fingerprint density at radius 3 is 2.73 bits per heavy atom. The highest BCUT2D eigenvalue weighted by molar-refractivity contribution is 6.31. The zero-order chi connectivity index (χ0) is 18.8. The SMILES string of the molecule is Cc1cccc(NC(=O)NC(C)c2nc3cc(Cl)ccc3c(=O)n2C)c1. The van der Waals surface area contributed by atoms with Crippen LogP contribution in [0.2, 0.25) is 5.02 Å². The fraction of sp³-hybridized carbons (Fsp3) is 0.211. The number of anilines is 1. The van der Waals surface area contributed by atoms with Crippen molar-refractivity contribution in [2.75, 3.05) is 5.32 Å². The molecule has 0 spiro atoms. The van der Waals surface area contributed by atoms with Gasteiger partial charge >= 0.3 is 6.03 Å². The van der Waals surface area contributed by atoms with Gasteiger partial charge in [0.05, 0.1) is 16.9 Å². The van der Waals surface area contributed by atoms with Crippen LogP contribution in [0.4, 0.5) is 10.5 Å². The second-order valence-electron chi connectivity index (χ2n) is 6.19. The first kappa shape index (κ1) is 17.9. The maximum Gasteiger partial charge on any atom is 0.319 e. The number of nitrogens with one attached hydrogen (secondary N) is 2. The minimum Gasteiger partial charge on any atom is -0.328 e. The van der Waals surface area contributed by atoms with E-state index in [1.165, 1.54) is 4.57 Å². The minimum atomic E-state index is -0.471. The molecular weight excluding hydrogens is 352 g/mol. The van der Waals surface area contributed by atoms with Crippen LogP contribution in [-0.2, 0) is 7.05 Å². The van der Waals surface area contributed by atoms with Crippen LogP contribution in [0.5, 0.6) is 0 Å². The monoisotopic (exact) mass is 370 g/mol. The molecule has 1 aromatic heterocycles. The molecule has 0 bridgehead atoms. The number of rotatable bonds is 3. The molecule has 2 aromatic carbocycles. The number of halogens is 1. The van der Waals surface area contributed by atoms with Crippen LogP contribution in [0.25, 0.3) is 10.9 Å². The van der Waals surface area contributed by atoms with E-state index in [-0.39, 0.29) is 11.6 Å². The maximum absolute atomic E-state index is 12.5. The first-order valence-corrected chi connectivity index (χ1v) is 8.53.